The Labute approximate surface area is 131 Å². The van der Waals surface area contributed by atoms with Crippen LogP contribution in [0, 0.1) is 0 Å². The summed E-state index contributed by atoms with van der Waals surface area (Å²) in [5.41, 5.74) is 2.73. The molecule has 5 heteroatoms. The predicted molar refractivity (Wildman–Crippen MR) is 88.3 cm³/mol. The lowest BCUT2D eigenvalue weighted by Crippen LogP contribution is -2.16. The minimum absolute atomic E-state index is 0. The fourth-order valence-electron chi connectivity index (χ4n) is 1.76. The van der Waals surface area contributed by atoms with E-state index < -0.39 is 0 Å². The van der Waals surface area contributed by atoms with Crippen LogP contribution in [0.5, 0.6) is 0 Å². The molecule has 3 aromatic rings. The molecule has 118 valence electrons. The van der Waals surface area contributed by atoms with E-state index in [-0.39, 0.29) is 14.2 Å². The van der Waals surface area contributed by atoms with Gasteiger partial charge in [-0.1, -0.05) is 68.6 Å². The number of hydrogen-bond acceptors (Lipinski definition) is 4. The van der Waals surface area contributed by atoms with Crippen molar-refractivity contribution >= 4 is 11.0 Å². The molecule has 0 aliphatic carbocycles. The minimum Gasteiger partial charge on any atom is -0.366 e. The van der Waals surface area contributed by atoms with Gasteiger partial charge in [0, 0.05) is 0 Å². The summed E-state index contributed by atoms with van der Waals surface area (Å²) in [7, 11) is 0. The highest BCUT2D eigenvalue weighted by Gasteiger charge is 2.03. The van der Waals surface area contributed by atoms with Crippen LogP contribution in [-0.2, 0) is 11.3 Å². The van der Waals surface area contributed by atoms with Gasteiger partial charge >= 0.3 is 0 Å². The molecule has 22 heavy (non-hydrogen) atoms. The van der Waals surface area contributed by atoms with Gasteiger partial charge in [-0.05, 0) is 22.9 Å². The Kier molecular flexibility index (Phi) is 7.64. The molecule has 0 fully saturated rings. The molecule has 0 aliphatic heterocycles. The first kappa shape index (κ1) is 17.7. The maximum Gasteiger partial charge on any atom is 0.216 e. The van der Waals surface area contributed by atoms with Crippen LogP contribution in [0.3, 0.4) is 0 Å². The van der Waals surface area contributed by atoms with E-state index in [1.807, 2.05) is 68.4 Å². The van der Waals surface area contributed by atoms with Crippen molar-refractivity contribution in [2.45, 2.75) is 27.9 Å². The summed E-state index contributed by atoms with van der Waals surface area (Å²) in [5.74, 6) is 0. The van der Waals surface area contributed by atoms with Crippen molar-refractivity contribution in [2.24, 2.45) is 0 Å². The van der Waals surface area contributed by atoms with Gasteiger partial charge in [-0.2, -0.15) is 0 Å². The molecular formula is C17H23N3O2. The number of rotatable bonds is 5. The van der Waals surface area contributed by atoms with E-state index in [4.69, 9.17) is 9.57 Å². The monoisotopic (exact) mass is 301 g/mol. The number of aromatic nitrogens is 3. The zero-order valence-electron chi connectivity index (χ0n) is 12.3. The number of para-hydroxylation sites is 1. The SMILES string of the molecule is C.CC.c1ccc(COCOn2nnc3ccccc32)cc1. The summed E-state index contributed by atoms with van der Waals surface area (Å²) >= 11 is 0. The van der Waals surface area contributed by atoms with E-state index >= 15 is 0 Å². The lowest BCUT2D eigenvalue weighted by atomic mass is 10.2. The molecule has 0 unspecified atom stereocenters. The van der Waals surface area contributed by atoms with Gasteiger partial charge in [0.15, 0.2) is 0 Å². The smallest absolute Gasteiger partial charge is 0.216 e. The van der Waals surface area contributed by atoms with Crippen LogP contribution in [0.1, 0.15) is 26.8 Å². The van der Waals surface area contributed by atoms with Crippen LogP contribution in [0.4, 0.5) is 0 Å². The van der Waals surface area contributed by atoms with E-state index in [9.17, 15) is 0 Å². The molecule has 5 nitrogen and oxygen atoms in total. The quantitative estimate of drug-likeness (QED) is 0.532. The normalized spacial score (nSPS) is 9.55. The predicted octanol–water partition coefficient (Wildman–Crippen LogP) is 3.70. The number of benzene rings is 2. The van der Waals surface area contributed by atoms with Gasteiger partial charge in [0.1, 0.15) is 11.0 Å². The summed E-state index contributed by atoms with van der Waals surface area (Å²) in [4.78, 5) is 6.78. The van der Waals surface area contributed by atoms with E-state index in [0.717, 1.165) is 16.6 Å². The summed E-state index contributed by atoms with van der Waals surface area (Å²) in [6.07, 6.45) is 0. The van der Waals surface area contributed by atoms with Gasteiger partial charge in [-0.15, -0.1) is 5.10 Å². The van der Waals surface area contributed by atoms with Crippen molar-refractivity contribution in [1.29, 1.82) is 0 Å². The van der Waals surface area contributed by atoms with Crippen molar-refractivity contribution in [2.75, 3.05) is 6.79 Å². The van der Waals surface area contributed by atoms with Crippen LogP contribution in [0.25, 0.3) is 11.0 Å². The van der Waals surface area contributed by atoms with Crippen LogP contribution in [0.15, 0.2) is 54.6 Å². The minimum atomic E-state index is 0. The highest BCUT2D eigenvalue weighted by molar-refractivity contribution is 5.73. The topological polar surface area (TPSA) is 49.2 Å². The summed E-state index contributed by atoms with van der Waals surface area (Å²) in [6, 6.07) is 17.5. The van der Waals surface area contributed by atoms with Gasteiger partial charge in [-0.3, -0.25) is 0 Å². The Bertz CT molecular complexity index is 653. The van der Waals surface area contributed by atoms with Crippen LogP contribution >= 0.6 is 0 Å². The number of fused-ring (bicyclic) bond motifs is 1. The first-order valence-corrected chi connectivity index (χ1v) is 6.99. The van der Waals surface area contributed by atoms with Crippen molar-refractivity contribution in [3.05, 3.63) is 60.2 Å². The molecule has 0 saturated carbocycles. The summed E-state index contributed by atoms with van der Waals surface area (Å²) in [6.45, 7) is 4.63. The fourth-order valence-corrected chi connectivity index (χ4v) is 1.76. The Morgan fingerprint density at radius 1 is 0.955 bits per heavy atom. The second kappa shape index (κ2) is 9.52. The molecule has 1 heterocycles. The molecule has 2 aromatic carbocycles. The van der Waals surface area contributed by atoms with E-state index in [0.29, 0.717) is 6.61 Å². The molecule has 0 amide bonds. The van der Waals surface area contributed by atoms with Crippen molar-refractivity contribution < 1.29 is 9.57 Å². The van der Waals surface area contributed by atoms with Gasteiger partial charge in [0.05, 0.1) is 6.61 Å². The second-order valence-corrected chi connectivity index (χ2v) is 4.03. The largest absolute Gasteiger partial charge is 0.366 e. The highest BCUT2D eigenvalue weighted by atomic mass is 16.8. The summed E-state index contributed by atoms with van der Waals surface area (Å²) < 4.78 is 5.43. The highest BCUT2D eigenvalue weighted by Crippen LogP contribution is 2.08. The Morgan fingerprint density at radius 2 is 1.64 bits per heavy atom. The van der Waals surface area contributed by atoms with Gasteiger partial charge in [0.25, 0.3) is 0 Å². The third kappa shape index (κ3) is 4.56. The Morgan fingerprint density at radius 3 is 2.41 bits per heavy atom. The average Bonchev–Trinajstić information content (AvgIpc) is 2.98. The zero-order valence-corrected chi connectivity index (χ0v) is 12.3. The molecule has 1 aromatic heterocycles. The number of nitrogens with zero attached hydrogens (tertiary/aromatic N) is 3. The molecule has 0 spiro atoms. The molecule has 0 radical (unpaired) electrons. The number of hydrogen-bond donors (Lipinski definition) is 0. The first-order valence-electron chi connectivity index (χ1n) is 6.99. The van der Waals surface area contributed by atoms with E-state index in [1.54, 1.807) is 0 Å². The summed E-state index contributed by atoms with van der Waals surface area (Å²) in [5, 5.41) is 7.89. The van der Waals surface area contributed by atoms with Crippen molar-refractivity contribution in [1.82, 2.24) is 15.2 Å². The molecule has 3 rings (SSSR count). The second-order valence-electron chi connectivity index (χ2n) is 4.03. The van der Waals surface area contributed by atoms with Gasteiger partial charge in [-0.25, -0.2) is 0 Å². The van der Waals surface area contributed by atoms with Crippen molar-refractivity contribution in [3.63, 3.8) is 0 Å². The molecule has 0 atom stereocenters. The van der Waals surface area contributed by atoms with Crippen LogP contribution in [-0.4, -0.2) is 22.0 Å². The zero-order chi connectivity index (χ0) is 14.9. The Hall–Kier alpha value is -2.40. The lowest BCUT2D eigenvalue weighted by molar-refractivity contribution is -0.0753. The van der Waals surface area contributed by atoms with Gasteiger partial charge < -0.3 is 9.57 Å². The molecule has 0 N–H and O–H groups in total. The fraction of sp³-hybridized carbons (Fsp3) is 0.294. The van der Waals surface area contributed by atoms with Crippen LogP contribution < -0.4 is 4.84 Å². The van der Waals surface area contributed by atoms with E-state index in [1.165, 1.54) is 4.85 Å². The van der Waals surface area contributed by atoms with E-state index in [2.05, 4.69) is 10.3 Å². The van der Waals surface area contributed by atoms with Crippen LogP contribution in [0.2, 0.25) is 0 Å². The Balaban J connectivity index is 0.000000775. The third-order valence-corrected chi connectivity index (χ3v) is 2.69. The maximum atomic E-state index is 5.43. The molecule has 0 aliphatic rings. The van der Waals surface area contributed by atoms with Gasteiger partial charge in [0.2, 0.25) is 6.79 Å². The molecule has 0 bridgehead atoms. The number of ether oxygens (including phenoxy) is 1. The van der Waals surface area contributed by atoms with Crippen molar-refractivity contribution in [3.8, 4) is 0 Å². The molecule has 0 saturated heterocycles. The standard InChI is InChI=1S/C14H13N3O2.C2H6.CH4/c1-2-6-12(7-3-1)10-18-11-19-17-14-9-5-4-8-13(14)15-16-17;1-2;/h1-9H,10-11H2;1-2H3;1H4. The third-order valence-electron chi connectivity index (χ3n) is 2.69. The maximum absolute atomic E-state index is 5.43. The molecular weight excluding hydrogens is 278 g/mol. The lowest BCUT2D eigenvalue weighted by Gasteiger charge is -2.06. The average molecular weight is 301 g/mol. The first-order chi connectivity index (χ1) is 10.4.